The summed E-state index contributed by atoms with van der Waals surface area (Å²) in [5.74, 6) is -0.0219. The Morgan fingerprint density at radius 2 is 1.70 bits per heavy atom. The van der Waals surface area contributed by atoms with E-state index in [0.717, 1.165) is 18.4 Å². The van der Waals surface area contributed by atoms with Crippen LogP contribution in [0.3, 0.4) is 0 Å². The number of carbonyl (C=O) groups excluding carboxylic acids is 1. The van der Waals surface area contributed by atoms with E-state index in [9.17, 15) is 4.79 Å². The van der Waals surface area contributed by atoms with Gasteiger partial charge in [-0.3, -0.25) is 4.79 Å². The number of hydrogen-bond acceptors (Lipinski definition) is 2. The van der Waals surface area contributed by atoms with E-state index in [1.807, 2.05) is 36.4 Å². The van der Waals surface area contributed by atoms with Gasteiger partial charge in [-0.25, -0.2) is 0 Å². The minimum absolute atomic E-state index is 0.0219. The molecule has 0 saturated heterocycles. The molecule has 0 heterocycles. The van der Waals surface area contributed by atoms with Crippen molar-refractivity contribution in [2.75, 3.05) is 5.32 Å². The van der Waals surface area contributed by atoms with E-state index in [2.05, 4.69) is 11.4 Å². The van der Waals surface area contributed by atoms with E-state index in [1.165, 1.54) is 0 Å². The molecule has 1 aliphatic rings. The summed E-state index contributed by atoms with van der Waals surface area (Å²) in [5.41, 5.74) is 1.71. The highest BCUT2D eigenvalue weighted by Gasteiger charge is 2.51. The number of carbonyl (C=O) groups is 1. The van der Waals surface area contributed by atoms with Gasteiger partial charge in [-0.2, -0.15) is 5.26 Å². The molecule has 0 radical (unpaired) electrons. The van der Waals surface area contributed by atoms with Gasteiger partial charge in [0, 0.05) is 0 Å². The summed E-state index contributed by atoms with van der Waals surface area (Å²) in [7, 11) is 0. The van der Waals surface area contributed by atoms with Gasteiger partial charge < -0.3 is 5.32 Å². The number of nitrogens with one attached hydrogen (secondary N) is 1. The molecule has 0 aliphatic heterocycles. The summed E-state index contributed by atoms with van der Waals surface area (Å²) in [6.07, 6.45) is 1.72. The first-order valence-electron chi connectivity index (χ1n) is 6.62. The van der Waals surface area contributed by atoms with Gasteiger partial charge in [-0.05, 0) is 30.5 Å². The molecule has 1 fully saturated rings. The number of benzene rings is 2. The van der Waals surface area contributed by atoms with Crippen molar-refractivity contribution in [1.82, 2.24) is 0 Å². The first kappa shape index (κ1) is 12.4. The zero-order valence-electron chi connectivity index (χ0n) is 11.0. The first-order valence-corrected chi connectivity index (χ1v) is 6.62. The van der Waals surface area contributed by atoms with Crippen LogP contribution in [0.4, 0.5) is 5.69 Å². The predicted molar refractivity (Wildman–Crippen MR) is 77.1 cm³/mol. The van der Waals surface area contributed by atoms with E-state index in [0.29, 0.717) is 11.3 Å². The Labute approximate surface area is 117 Å². The smallest absolute Gasteiger partial charge is 0.235 e. The fraction of sp³-hybridized carbons (Fsp3) is 0.176. The molecule has 0 spiro atoms. The highest BCUT2D eigenvalue weighted by atomic mass is 16.2. The van der Waals surface area contributed by atoms with Crippen LogP contribution in [-0.2, 0) is 10.2 Å². The third-order valence-corrected chi connectivity index (χ3v) is 3.81. The summed E-state index contributed by atoms with van der Waals surface area (Å²) < 4.78 is 0. The fourth-order valence-corrected chi connectivity index (χ4v) is 2.46. The molecule has 2 aromatic rings. The van der Waals surface area contributed by atoms with Gasteiger partial charge in [-0.1, -0.05) is 42.5 Å². The summed E-state index contributed by atoms with van der Waals surface area (Å²) in [6, 6.07) is 19.0. The standard InChI is InChI=1S/C17H14N2O/c18-12-13-6-4-5-9-15(13)19-16(20)17(10-11-17)14-7-2-1-3-8-14/h1-9H,10-11H2,(H,19,20). The van der Waals surface area contributed by atoms with Crippen LogP contribution >= 0.6 is 0 Å². The normalized spacial score (nSPS) is 15.2. The Bertz CT molecular complexity index is 682. The van der Waals surface area contributed by atoms with E-state index in [1.54, 1.807) is 18.2 Å². The molecule has 1 saturated carbocycles. The Hall–Kier alpha value is -2.60. The maximum absolute atomic E-state index is 12.5. The topological polar surface area (TPSA) is 52.9 Å². The molecule has 2 aromatic carbocycles. The number of rotatable bonds is 3. The summed E-state index contributed by atoms with van der Waals surface area (Å²) >= 11 is 0. The van der Waals surface area contributed by atoms with Crippen molar-refractivity contribution in [1.29, 1.82) is 5.26 Å². The predicted octanol–water partition coefficient (Wildman–Crippen LogP) is 3.23. The second-order valence-corrected chi connectivity index (χ2v) is 5.06. The van der Waals surface area contributed by atoms with Crippen molar-refractivity contribution in [2.45, 2.75) is 18.3 Å². The van der Waals surface area contributed by atoms with Crippen LogP contribution in [0.15, 0.2) is 54.6 Å². The fourth-order valence-electron chi connectivity index (χ4n) is 2.46. The van der Waals surface area contributed by atoms with Crippen LogP contribution in [0.5, 0.6) is 0 Å². The maximum atomic E-state index is 12.5. The van der Waals surface area contributed by atoms with Crippen molar-refractivity contribution in [3.63, 3.8) is 0 Å². The minimum Gasteiger partial charge on any atom is -0.324 e. The lowest BCUT2D eigenvalue weighted by atomic mass is 9.95. The zero-order valence-corrected chi connectivity index (χ0v) is 11.0. The molecule has 1 amide bonds. The summed E-state index contributed by atoms with van der Waals surface area (Å²) in [6.45, 7) is 0. The molecule has 0 atom stereocenters. The Morgan fingerprint density at radius 1 is 1.05 bits per heavy atom. The Kier molecular flexibility index (Phi) is 3.00. The molecule has 0 unspecified atom stereocenters. The van der Waals surface area contributed by atoms with Gasteiger partial charge in [0.05, 0.1) is 16.7 Å². The van der Waals surface area contributed by atoms with Gasteiger partial charge in [0.2, 0.25) is 5.91 Å². The molecule has 0 aromatic heterocycles. The van der Waals surface area contributed by atoms with Crippen molar-refractivity contribution in [2.24, 2.45) is 0 Å². The average Bonchev–Trinajstić information content (AvgIpc) is 3.30. The lowest BCUT2D eigenvalue weighted by molar-refractivity contribution is -0.118. The van der Waals surface area contributed by atoms with Crippen LogP contribution in [0.1, 0.15) is 24.0 Å². The van der Waals surface area contributed by atoms with Crippen LogP contribution in [0.2, 0.25) is 0 Å². The Morgan fingerprint density at radius 3 is 2.35 bits per heavy atom. The lowest BCUT2D eigenvalue weighted by Crippen LogP contribution is -2.28. The zero-order chi connectivity index (χ0) is 14.0. The third-order valence-electron chi connectivity index (χ3n) is 3.81. The quantitative estimate of drug-likeness (QED) is 0.923. The SMILES string of the molecule is N#Cc1ccccc1NC(=O)C1(c2ccccc2)CC1. The molecule has 98 valence electrons. The van der Waals surface area contributed by atoms with Crippen molar-refractivity contribution in [3.8, 4) is 6.07 Å². The molecule has 0 bridgehead atoms. The third kappa shape index (κ3) is 2.06. The van der Waals surface area contributed by atoms with E-state index >= 15 is 0 Å². The van der Waals surface area contributed by atoms with Gasteiger partial charge in [0.15, 0.2) is 0 Å². The lowest BCUT2D eigenvalue weighted by Gasteiger charge is -2.16. The van der Waals surface area contributed by atoms with Crippen LogP contribution in [-0.4, -0.2) is 5.91 Å². The van der Waals surface area contributed by atoms with Crippen LogP contribution < -0.4 is 5.32 Å². The van der Waals surface area contributed by atoms with Crippen molar-refractivity contribution in [3.05, 3.63) is 65.7 Å². The summed E-state index contributed by atoms with van der Waals surface area (Å²) in [4.78, 5) is 12.5. The van der Waals surface area contributed by atoms with Crippen molar-refractivity contribution >= 4 is 11.6 Å². The highest BCUT2D eigenvalue weighted by Crippen LogP contribution is 2.48. The second-order valence-electron chi connectivity index (χ2n) is 5.06. The van der Waals surface area contributed by atoms with Gasteiger partial charge in [0.1, 0.15) is 6.07 Å². The number of nitriles is 1. The molecule has 1 aliphatic carbocycles. The minimum atomic E-state index is -0.413. The molecular weight excluding hydrogens is 248 g/mol. The van der Waals surface area contributed by atoms with Crippen LogP contribution in [0.25, 0.3) is 0 Å². The van der Waals surface area contributed by atoms with Gasteiger partial charge in [-0.15, -0.1) is 0 Å². The molecule has 3 rings (SSSR count). The van der Waals surface area contributed by atoms with E-state index in [4.69, 9.17) is 5.26 Å². The molecule has 3 heteroatoms. The van der Waals surface area contributed by atoms with Gasteiger partial charge in [0.25, 0.3) is 0 Å². The first-order chi connectivity index (χ1) is 9.76. The number of para-hydroxylation sites is 1. The number of anilines is 1. The molecule has 1 N–H and O–H groups in total. The number of amides is 1. The number of nitrogens with zero attached hydrogens (tertiary/aromatic N) is 1. The van der Waals surface area contributed by atoms with Gasteiger partial charge >= 0.3 is 0 Å². The molecular formula is C17H14N2O. The maximum Gasteiger partial charge on any atom is 0.235 e. The van der Waals surface area contributed by atoms with Crippen LogP contribution in [0, 0.1) is 11.3 Å². The van der Waals surface area contributed by atoms with E-state index in [-0.39, 0.29) is 5.91 Å². The monoisotopic (exact) mass is 262 g/mol. The number of hydrogen-bond donors (Lipinski definition) is 1. The largest absolute Gasteiger partial charge is 0.324 e. The molecule has 3 nitrogen and oxygen atoms in total. The Balaban J connectivity index is 1.86. The van der Waals surface area contributed by atoms with E-state index < -0.39 is 5.41 Å². The van der Waals surface area contributed by atoms with Crippen molar-refractivity contribution < 1.29 is 4.79 Å². The highest BCUT2D eigenvalue weighted by molar-refractivity contribution is 6.02. The average molecular weight is 262 g/mol. The second kappa shape index (κ2) is 4.82. The molecule has 20 heavy (non-hydrogen) atoms. The summed E-state index contributed by atoms with van der Waals surface area (Å²) in [5, 5.41) is 12.0.